The quantitative estimate of drug-likeness (QED) is 0.741. The van der Waals surface area contributed by atoms with Crippen molar-refractivity contribution in [1.82, 2.24) is 5.32 Å². The summed E-state index contributed by atoms with van der Waals surface area (Å²) in [5.41, 5.74) is 0. The summed E-state index contributed by atoms with van der Waals surface area (Å²) in [5, 5.41) is 3.87. The molecule has 0 aromatic rings. The van der Waals surface area contributed by atoms with Crippen molar-refractivity contribution in [3.63, 3.8) is 0 Å². The summed E-state index contributed by atoms with van der Waals surface area (Å²) in [6, 6.07) is 0.845. The van der Waals surface area contributed by atoms with Gasteiger partial charge in [0.05, 0.1) is 0 Å². The minimum absolute atomic E-state index is 0.845. The van der Waals surface area contributed by atoms with Gasteiger partial charge in [-0.2, -0.15) is 0 Å². The predicted octanol–water partition coefficient (Wildman–Crippen LogP) is 4.52. The van der Waals surface area contributed by atoms with Crippen LogP contribution in [0.15, 0.2) is 0 Å². The van der Waals surface area contributed by atoms with Crippen LogP contribution in [0.2, 0.25) is 0 Å². The van der Waals surface area contributed by atoms with Crippen molar-refractivity contribution >= 4 is 0 Å². The maximum atomic E-state index is 3.87. The van der Waals surface area contributed by atoms with Crippen LogP contribution in [-0.4, -0.2) is 12.6 Å². The van der Waals surface area contributed by atoms with Crippen LogP contribution in [0.1, 0.15) is 77.6 Å². The van der Waals surface area contributed by atoms with E-state index in [9.17, 15) is 0 Å². The molecule has 0 spiro atoms. The summed E-state index contributed by atoms with van der Waals surface area (Å²) in [6.45, 7) is 3.65. The molecule has 2 fully saturated rings. The number of rotatable bonds is 5. The molecule has 2 atom stereocenters. The normalized spacial score (nSPS) is 31.6. The van der Waals surface area contributed by atoms with Crippen molar-refractivity contribution < 1.29 is 0 Å². The second kappa shape index (κ2) is 7.41. The van der Waals surface area contributed by atoms with Gasteiger partial charge in [-0.05, 0) is 37.6 Å². The van der Waals surface area contributed by atoms with E-state index in [1.807, 2.05) is 0 Å². The maximum Gasteiger partial charge on any atom is 0.00952 e. The highest BCUT2D eigenvalue weighted by atomic mass is 14.9. The zero-order chi connectivity index (χ0) is 11.9. The average Bonchev–Trinajstić information content (AvgIpc) is 2.40. The molecule has 0 heterocycles. The van der Waals surface area contributed by atoms with E-state index in [1.54, 1.807) is 0 Å². The van der Waals surface area contributed by atoms with Crippen molar-refractivity contribution in [1.29, 1.82) is 0 Å². The van der Waals surface area contributed by atoms with Crippen LogP contribution < -0.4 is 5.32 Å². The molecule has 100 valence electrons. The van der Waals surface area contributed by atoms with Crippen LogP contribution in [-0.2, 0) is 0 Å². The average molecular weight is 237 g/mol. The topological polar surface area (TPSA) is 12.0 Å². The third-order valence-electron chi connectivity index (χ3n) is 5.12. The molecule has 2 rings (SSSR count). The smallest absolute Gasteiger partial charge is 0.00952 e. The molecule has 0 aromatic heterocycles. The largest absolute Gasteiger partial charge is 0.314 e. The summed E-state index contributed by atoms with van der Waals surface area (Å²) in [5.74, 6) is 2.01. The van der Waals surface area contributed by atoms with Gasteiger partial charge in [0.25, 0.3) is 0 Å². The molecular weight excluding hydrogens is 206 g/mol. The SMILES string of the molecule is CCC1CCCCC1NCCC1CCCCC1. The first-order valence-corrected chi connectivity index (χ1v) is 8.13. The second-order valence-corrected chi connectivity index (χ2v) is 6.31. The first-order valence-electron chi connectivity index (χ1n) is 8.13. The van der Waals surface area contributed by atoms with Crippen LogP contribution in [0, 0.1) is 11.8 Å². The third-order valence-corrected chi connectivity index (χ3v) is 5.12. The molecule has 1 heteroatoms. The zero-order valence-corrected chi connectivity index (χ0v) is 11.7. The molecule has 1 N–H and O–H groups in total. The lowest BCUT2D eigenvalue weighted by atomic mass is 9.82. The Labute approximate surface area is 108 Å². The maximum absolute atomic E-state index is 3.87. The molecule has 0 aliphatic heterocycles. The molecule has 2 unspecified atom stereocenters. The van der Waals surface area contributed by atoms with Gasteiger partial charge in [0.1, 0.15) is 0 Å². The number of hydrogen-bond acceptors (Lipinski definition) is 1. The Morgan fingerprint density at radius 2 is 1.59 bits per heavy atom. The first-order chi connectivity index (χ1) is 8.40. The Morgan fingerprint density at radius 3 is 2.35 bits per heavy atom. The van der Waals surface area contributed by atoms with E-state index in [4.69, 9.17) is 0 Å². The fraction of sp³-hybridized carbons (Fsp3) is 1.00. The lowest BCUT2D eigenvalue weighted by Crippen LogP contribution is -2.39. The van der Waals surface area contributed by atoms with Crippen LogP contribution in [0.5, 0.6) is 0 Å². The van der Waals surface area contributed by atoms with Crippen molar-refractivity contribution in [3.05, 3.63) is 0 Å². The van der Waals surface area contributed by atoms with Gasteiger partial charge in [-0.3, -0.25) is 0 Å². The van der Waals surface area contributed by atoms with E-state index in [1.165, 1.54) is 77.2 Å². The second-order valence-electron chi connectivity index (χ2n) is 6.31. The molecule has 0 amide bonds. The molecule has 0 aromatic carbocycles. The fourth-order valence-electron chi connectivity index (χ4n) is 3.91. The summed E-state index contributed by atoms with van der Waals surface area (Å²) in [6.07, 6.45) is 16.1. The monoisotopic (exact) mass is 237 g/mol. The van der Waals surface area contributed by atoms with Gasteiger partial charge in [0.15, 0.2) is 0 Å². The standard InChI is InChI=1S/C16H31N/c1-2-15-10-6-7-11-16(15)17-13-12-14-8-4-3-5-9-14/h14-17H,2-13H2,1H3. The van der Waals surface area contributed by atoms with Gasteiger partial charge in [-0.1, -0.05) is 58.3 Å². The molecule has 0 radical (unpaired) electrons. The van der Waals surface area contributed by atoms with Crippen LogP contribution in [0.25, 0.3) is 0 Å². The number of hydrogen-bond donors (Lipinski definition) is 1. The third kappa shape index (κ3) is 4.28. The van der Waals surface area contributed by atoms with Gasteiger partial charge in [0, 0.05) is 6.04 Å². The van der Waals surface area contributed by atoms with Gasteiger partial charge in [0.2, 0.25) is 0 Å². The molecule has 2 saturated carbocycles. The summed E-state index contributed by atoms with van der Waals surface area (Å²) < 4.78 is 0. The molecule has 1 nitrogen and oxygen atoms in total. The van der Waals surface area contributed by atoms with Crippen LogP contribution in [0.4, 0.5) is 0 Å². The fourth-order valence-corrected chi connectivity index (χ4v) is 3.91. The summed E-state index contributed by atoms with van der Waals surface area (Å²) in [7, 11) is 0. The van der Waals surface area contributed by atoms with E-state index >= 15 is 0 Å². The molecule has 0 saturated heterocycles. The Bertz CT molecular complexity index is 196. The summed E-state index contributed by atoms with van der Waals surface area (Å²) >= 11 is 0. The Hall–Kier alpha value is -0.0400. The molecule has 17 heavy (non-hydrogen) atoms. The van der Waals surface area contributed by atoms with Crippen molar-refractivity contribution in [2.45, 2.75) is 83.6 Å². The predicted molar refractivity (Wildman–Crippen MR) is 75.2 cm³/mol. The first kappa shape index (κ1) is 13.4. The number of nitrogens with one attached hydrogen (secondary N) is 1. The lowest BCUT2D eigenvalue weighted by molar-refractivity contribution is 0.245. The lowest BCUT2D eigenvalue weighted by Gasteiger charge is -2.32. The van der Waals surface area contributed by atoms with Crippen molar-refractivity contribution in [2.75, 3.05) is 6.54 Å². The minimum Gasteiger partial charge on any atom is -0.314 e. The molecular formula is C16H31N. The van der Waals surface area contributed by atoms with E-state index in [2.05, 4.69) is 12.2 Å². The Kier molecular flexibility index (Phi) is 5.84. The highest BCUT2D eigenvalue weighted by Crippen LogP contribution is 2.28. The van der Waals surface area contributed by atoms with Gasteiger partial charge < -0.3 is 5.32 Å². The van der Waals surface area contributed by atoms with Gasteiger partial charge in [-0.25, -0.2) is 0 Å². The molecule has 0 bridgehead atoms. The van der Waals surface area contributed by atoms with E-state index < -0.39 is 0 Å². The Morgan fingerprint density at radius 1 is 0.882 bits per heavy atom. The minimum atomic E-state index is 0.845. The highest BCUT2D eigenvalue weighted by Gasteiger charge is 2.23. The van der Waals surface area contributed by atoms with E-state index in [-0.39, 0.29) is 0 Å². The van der Waals surface area contributed by atoms with Gasteiger partial charge >= 0.3 is 0 Å². The summed E-state index contributed by atoms with van der Waals surface area (Å²) in [4.78, 5) is 0. The van der Waals surface area contributed by atoms with Gasteiger partial charge in [-0.15, -0.1) is 0 Å². The zero-order valence-electron chi connectivity index (χ0n) is 11.7. The van der Waals surface area contributed by atoms with E-state index in [0.29, 0.717) is 0 Å². The molecule has 2 aliphatic carbocycles. The molecule has 2 aliphatic rings. The van der Waals surface area contributed by atoms with Crippen LogP contribution >= 0.6 is 0 Å². The van der Waals surface area contributed by atoms with Crippen molar-refractivity contribution in [3.8, 4) is 0 Å². The highest BCUT2D eigenvalue weighted by molar-refractivity contribution is 4.80. The van der Waals surface area contributed by atoms with Crippen LogP contribution in [0.3, 0.4) is 0 Å². The van der Waals surface area contributed by atoms with E-state index in [0.717, 1.165) is 17.9 Å². The van der Waals surface area contributed by atoms with Crippen molar-refractivity contribution in [2.24, 2.45) is 11.8 Å². The Balaban J connectivity index is 1.62.